The zero-order chi connectivity index (χ0) is 21.8. The third-order valence-corrected chi connectivity index (χ3v) is 6.05. The first kappa shape index (κ1) is 21.2. The van der Waals surface area contributed by atoms with Gasteiger partial charge in [0.15, 0.2) is 5.58 Å². The highest BCUT2D eigenvalue weighted by atomic mass is 32.2. The van der Waals surface area contributed by atoms with Crippen molar-refractivity contribution in [3.8, 4) is 0 Å². The van der Waals surface area contributed by atoms with Crippen molar-refractivity contribution in [2.45, 2.75) is 24.8 Å². The van der Waals surface area contributed by atoms with Gasteiger partial charge >= 0.3 is 6.09 Å². The molecule has 0 atom stereocenters. The molecule has 7 nitrogen and oxygen atoms in total. The van der Waals surface area contributed by atoms with Crippen molar-refractivity contribution in [2.75, 3.05) is 32.8 Å². The van der Waals surface area contributed by atoms with E-state index in [1.807, 2.05) is 49.4 Å². The Bertz CT molecular complexity index is 1090. The van der Waals surface area contributed by atoms with Crippen LogP contribution in [0.15, 0.2) is 52.1 Å². The summed E-state index contributed by atoms with van der Waals surface area (Å²) in [6, 6.07) is 13.6. The van der Waals surface area contributed by atoms with E-state index in [4.69, 9.17) is 9.15 Å². The van der Waals surface area contributed by atoms with Gasteiger partial charge in [-0.2, -0.15) is 0 Å². The lowest BCUT2D eigenvalue weighted by molar-refractivity contribution is 0.0570. The molecule has 162 valence electrons. The fourth-order valence-corrected chi connectivity index (χ4v) is 4.29. The van der Waals surface area contributed by atoms with Crippen LogP contribution in [0.3, 0.4) is 0 Å². The van der Waals surface area contributed by atoms with E-state index in [-0.39, 0.29) is 12.0 Å². The number of nitrogens with zero attached hydrogens (tertiary/aromatic N) is 3. The summed E-state index contributed by atoms with van der Waals surface area (Å²) in [6.07, 6.45) is -0.317. The first-order valence-electron chi connectivity index (χ1n) is 10.3. The monoisotopic (exact) mass is 439 g/mol. The first-order chi connectivity index (χ1) is 15.0. The van der Waals surface area contributed by atoms with Crippen LogP contribution < -0.4 is 0 Å². The number of aryl methyl sites for hydroxylation is 1. The zero-order valence-electron chi connectivity index (χ0n) is 17.7. The van der Waals surface area contributed by atoms with Crippen LogP contribution >= 0.6 is 11.8 Å². The molecule has 1 aliphatic heterocycles. The van der Waals surface area contributed by atoms with Crippen LogP contribution in [0.1, 0.15) is 28.4 Å². The lowest BCUT2D eigenvalue weighted by Gasteiger charge is -2.34. The Morgan fingerprint density at radius 1 is 1.10 bits per heavy atom. The van der Waals surface area contributed by atoms with Crippen LogP contribution in [0.2, 0.25) is 0 Å². The maximum Gasteiger partial charge on any atom is 0.409 e. The molecule has 0 bridgehead atoms. The average Bonchev–Trinajstić information content (AvgIpc) is 3.19. The Morgan fingerprint density at radius 3 is 2.65 bits per heavy atom. The molecule has 8 heteroatoms. The van der Waals surface area contributed by atoms with Crippen molar-refractivity contribution in [3.63, 3.8) is 0 Å². The van der Waals surface area contributed by atoms with Gasteiger partial charge in [-0.05, 0) is 49.2 Å². The van der Waals surface area contributed by atoms with E-state index in [0.717, 1.165) is 22.2 Å². The molecule has 1 aromatic heterocycles. The quantitative estimate of drug-likeness (QED) is 0.551. The van der Waals surface area contributed by atoms with Gasteiger partial charge in [-0.1, -0.05) is 30.0 Å². The van der Waals surface area contributed by atoms with Crippen LogP contribution in [0.25, 0.3) is 11.1 Å². The predicted molar refractivity (Wildman–Crippen MR) is 119 cm³/mol. The molecule has 2 heterocycles. The molecule has 31 heavy (non-hydrogen) atoms. The Hall–Kier alpha value is -3.00. The van der Waals surface area contributed by atoms with E-state index in [1.165, 1.54) is 11.8 Å². The van der Waals surface area contributed by atoms with Crippen LogP contribution in [-0.2, 0) is 10.5 Å². The number of thioether (sulfide) groups is 1. The Labute approximate surface area is 185 Å². The molecule has 0 unspecified atom stereocenters. The molecule has 3 aromatic rings. The molecule has 1 saturated heterocycles. The molecule has 0 saturated carbocycles. The number of carbonyl (C=O) groups excluding carboxylic acids is 2. The second-order valence-corrected chi connectivity index (χ2v) is 8.34. The molecule has 2 aromatic carbocycles. The lowest BCUT2D eigenvalue weighted by Crippen LogP contribution is -2.50. The standard InChI is InChI=1S/C23H25N3O4S/c1-3-29-23(28)26-11-9-25(10-12-26)21(27)18-6-4-5-17(14-18)15-31-22-24-19-13-16(2)7-8-20(19)30-22/h4-8,13-14H,3,9-12,15H2,1-2H3. The SMILES string of the molecule is CCOC(=O)N1CCN(C(=O)c2cccc(CSc3nc4cc(C)ccc4o3)c2)CC1. The van der Waals surface area contributed by atoms with Gasteiger partial charge in [0.1, 0.15) is 5.52 Å². The maximum atomic E-state index is 12.9. The van der Waals surface area contributed by atoms with Gasteiger partial charge in [-0.25, -0.2) is 9.78 Å². The fraction of sp³-hybridized carbons (Fsp3) is 0.348. The summed E-state index contributed by atoms with van der Waals surface area (Å²) < 4.78 is 10.8. The molecule has 4 rings (SSSR count). The van der Waals surface area contributed by atoms with Crippen LogP contribution in [0.4, 0.5) is 4.79 Å². The van der Waals surface area contributed by atoms with E-state index in [9.17, 15) is 9.59 Å². The van der Waals surface area contributed by atoms with E-state index < -0.39 is 0 Å². The van der Waals surface area contributed by atoms with Gasteiger partial charge in [0, 0.05) is 37.5 Å². The molecule has 1 aliphatic rings. The minimum absolute atomic E-state index is 0.0207. The number of fused-ring (bicyclic) bond motifs is 1. The molecule has 1 fully saturated rings. The van der Waals surface area contributed by atoms with Gasteiger partial charge in [0.05, 0.1) is 6.61 Å². The molecular formula is C23H25N3O4S. The number of hydrogen-bond donors (Lipinski definition) is 0. The third kappa shape index (κ3) is 5.02. The summed E-state index contributed by atoms with van der Waals surface area (Å²) in [5.41, 5.74) is 4.45. The summed E-state index contributed by atoms with van der Waals surface area (Å²) >= 11 is 1.51. The number of piperazine rings is 1. The normalized spacial score (nSPS) is 14.1. The highest BCUT2D eigenvalue weighted by molar-refractivity contribution is 7.98. The summed E-state index contributed by atoms with van der Waals surface area (Å²) in [5.74, 6) is 0.636. The van der Waals surface area contributed by atoms with Crippen molar-refractivity contribution in [1.82, 2.24) is 14.8 Å². The van der Waals surface area contributed by atoms with Gasteiger partial charge in [0.2, 0.25) is 0 Å². The largest absolute Gasteiger partial charge is 0.450 e. The zero-order valence-corrected chi connectivity index (χ0v) is 18.5. The van der Waals surface area contributed by atoms with E-state index >= 15 is 0 Å². The first-order valence-corrected chi connectivity index (χ1v) is 11.3. The van der Waals surface area contributed by atoms with Gasteiger partial charge < -0.3 is 19.0 Å². The summed E-state index contributed by atoms with van der Waals surface area (Å²) in [5, 5.41) is 0.618. The number of benzene rings is 2. The second-order valence-electron chi connectivity index (χ2n) is 7.42. The van der Waals surface area contributed by atoms with Gasteiger partial charge in [-0.3, -0.25) is 4.79 Å². The Balaban J connectivity index is 1.36. The van der Waals surface area contributed by atoms with Crippen molar-refractivity contribution in [1.29, 1.82) is 0 Å². The number of hydrogen-bond acceptors (Lipinski definition) is 6. The van der Waals surface area contributed by atoms with E-state index in [0.29, 0.717) is 49.3 Å². The Kier molecular flexibility index (Phi) is 6.46. The molecule has 0 radical (unpaired) electrons. The van der Waals surface area contributed by atoms with Gasteiger partial charge in [-0.15, -0.1) is 0 Å². The fourth-order valence-electron chi connectivity index (χ4n) is 3.51. The second kappa shape index (κ2) is 9.43. The maximum absolute atomic E-state index is 12.9. The van der Waals surface area contributed by atoms with Crippen LogP contribution in [0, 0.1) is 6.92 Å². The molecule has 2 amide bonds. The van der Waals surface area contributed by atoms with Gasteiger partial charge in [0.25, 0.3) is 11.1 Å². The molecule has 0 N–H and O–H groups in total. The number of amides is 2. The average molecular weight is 440 g/mol. The highest BCUT2D eigenvalue weighted by Crippen LogP contribution is 2.27. The topological polar surface area (TPSA) is 75.9 Å². The van der Waals surface area contributed by atoms with Crippen molar-refractivity contribution in [3.05, 3.63) is 59.2 Å². The number of oxazole rings is 1. The van der Waals surface area contributed by atoms with E-state index in [1.54, 1.807) is 16.7 Å². The minimum Gasteiger partial charge on any atom is -0.450 e. The summed E-state index contributed by atoms with van der Waals surface area (Å²) in [6.45, 7) is 6.13. The number of aromatic nitrogens is 1. The minimum atomic E-state index is -0.317. The summed E-state index contributed by atoms with van der Waals surface area (Å²) in [4.78, 5) is 32.7. The predicted octanol–water partition coefficient (Wildman–Crippen LogP) is 4.34. The van der Waals surface area contributed by atoms with E-state index in [2.05, 4.69) is 4.98 Å². The molecule has 0 aliphatic carbocycles. The summed E-state index contributed by atoms with van der Waals surface area (Å²) in [7, 11) is 0. The molecular weight excluding hydrogens is 414 g/mol. The number of ether oxygens (including phenoxy) is 1. The smallest absolute Gasteiger partial charge is 0.409 e. The number of carbonyl (C=O) groups is 2. The molecule has 0 spiro atoms. The van der Waals surface area contributed by atoms with Crippen molar-refractivity contribution >= 4 is 34.9 Å². The lowest BCUT2D eigenvalue weighted by atomic mass is 10.1. The number of rotatable bonds is 5. The van der Waals surface area contributed by atoms with Crippen molar-refractivity contribution < 1.29 is 18.7 Å². The Morgan fingerprint density at radius 2 is 1.87 bits per heavy atom. The van der Waals surface area contributed by atoms with Crippen molar-refractivity contribution in [2.24, 2.45) is 0 Å². The van der Waals surface area contributed by atoms with Crippen LogP contribution in [-0.4, -0.2) is 59.6 Å². The highest BCUT2D eigenvalue weighted by Gasteiger charge is 2.25. The van der Waals surface area contributed by atoms with Crippen LogP contribution in [0.5, 0.6) is 0 Å². The third-order valence-electron chi connectivity index (χ3n) is 5.15.